The molecule has 1 N–H and O–H groups in total. The van der Waals surface area contributed by atoms with Crippen LogP contribution < -0.4 is 5.32 Å². The van der Waals surface area contributed by atoms with Gasteiger partial charge < -0.3 is 5.32 Å². The lowest BCUT2D eigenvalue weighted by atomic mass is 10.0. The van der Waals surface area contributed by atoms with Gasteiger partial charge in [-0.1, -0.05) is 60.3 Å². The molecule has 0 radical (unpaired) electrons. The summed E-state index contributed by atoms with van der Waals surface area (Å²) in [6, 6.07) is 19.5. The van der Waals surface area contributed by atoms with Gasteiger partial charge in [-0.25, -0.2) is 4.39 Å². The third-order valence-corrected chi connectivity index (χ3v) is 5.48. The number of hydrogen-bond donors (Lipinski definition) is 1. The summed E-state index contributed by atoms with van der Waals surface area (Å²) in [5, 5.41) is 3.67. The molecule has 1 aliphatic carbocycles. The van der Waals surface area contributed by atoms with Crippen molar-refractivity contribution < 1.29 is 4.39 Å². The summed E-state index contributed by atoms with van der Waals surface area (Å²) in [7, 11) is 0. The molecule has 0 aromatic heterocycles. The summed E-state index contributed by atoms with van der Waals surface area (Å²) in [6.07, 6.45) is 1.73. The second-order valence-corrected chi connectivity index (χ2v) is 7.07. The molecule has 1 heterocycles. The fraction of sp³-hybridized carbons (Fsp3) is 0.333. The second kappa shape index (κ2) is 5.47. The van der Waals surface area contributed by atoms with Crippen LogP contribution in [0.4, 0.5) is 4.39 Å². The lowest BCUT2D eigenvalue weighted by Gasteiger charge is -2.28. The van der Waals surface area contributed by atoms with Crippen LogP contribution in [0.3, 0.4) is 0 Å². The van der Waals surface area contributed by atoms with Gasteiger partial charge in [0, 0.05) is 29.3 Å². The van der Waals surface area contributed by atoms with E-state index in [0.717, 1.165) is 11.3 Å². The average Bonchev–Trinajstić information content (AvgIpc) is 3.27. The van der Waals surface area contributed by atoms with E-state index >= 15 is 0 Å². The quantitative estimate of drug-likeness (QED) is 0.884. The Kier molecular flexibility index (Phi) is 3.48. The Balaban J connectivity index is 1.49. The van der Waals surface area contributed by atoms with E-state index in [-0.39, 0.29) is 6.04 Å². The SMILES string of the molecule is FC1CC(NC2CC2c2ccccc2)c2ccccc2S1. The molecule has 3 heteroatoms. The molecule has 0 bridgehead atoms. The Morgan fingerprint density at radius 1 is 0.952 bits per heavy atom. The van der Waals surface area contributed by atoms with Crippen LogP contribution in [-0.2, 0) is 0 Å². The minimum Gasteiger partial charge on any atom is -0.306 e. The molecule has 2 aromatic rings. The van der Waals surface area contributed by atoms with E-state index in [1.54, 1.807) is 0 Å². The summed E-state index contributed by atoms with van der Waals surface area (Å²) >= 11 is 1.35. The third kappa shape index (κ3) is 2.72. The molecule has 1 nitrogen and oxygen atoms in total. The first-order chi connectivity index (χ1) is 10.3. The molecular formula is C18H18FNS. The van der Waals surface area contributed by atoms with Crippen LogP contribution in [0.5, 0.6) is 0 Å². The third-order valence-electron chi connectivity index (χ3n) is 4.40. The van der Waals surface area contributed by atoms with Crippen LogP contribution in [-0.4, -0.2) is 11.5 Å². The van der Waals surface area contributed by atoms with Gasteiger partial charge in [0.25, 0.3) is 0 Å². The predicted octanol–water partition coefficient (Wildman–Crippen LogP) is 4.66. The maximum Gasteiger partial charge on any atom is 0.152 e. The van der Waals surface area contributed by atoms with E-state index in [0.29, 0.717) is 18.4 Å². The first-order valence-electron chi connectivity index (χ1n) is 7.52. The fourth-order valence-corrected chi connectivity index (χ4v) is 4.31. The van der Waals surface area contributed by atoms with Gasteiger partial charge in [0.2, 0.25) is 0 Å². The van der Waals surface area contributed by atoms with Crippen molar-refractivity contribution in [1.82, 2.24) is 5.32 Å². The van der Waals surface area contributed by atoms with Gasteiger partial charge in [-0.15, -0.1) is 0 Å². The van der Waals surface area contributed by atoms with E-state index < -0.39 is 5.50 Å². The maximum atomic E-state index is 13.9. The van der Waals surface area contributed by atoms with Gasteiger partial charge in [0.05, 0.1) is 0 Å². The molecule has 2 aromatic carbocycles. The number of nitrogens with one attached hydrogen (secondary N) is 1. The molecule has 0 amide bonds. The number of benzene rings is 2. The van der Waals surface area contributed by atoms with Crippen LogP contribution in [0.1, 0.15) is 35.9 Å². The highest BCUT2D eigenvalue weighted by Crippen LogP contribution is 2.46. The average molecular weight is 299 g/mol. The number of rotatable bonds is 3. The van der Waals surface area contributed by atoms with Gasteiger partial charge >= 0.3 is 0 Å². The zero-order valence-electron chi connectivity index (χ0n) is 11.7. The zero-order valence-corrected chi connectivity index (χ0v) is 12.5. The Hall–Kier alpha value is -1.32. The van der Waals surface area contributed by atoms with Crippen molar-refractivity contribution in [2.45, 2.75) is 41.2 Å². The zero-order chi connectivity index (χ0) is 14.2. The fourth-order valence-electron chi connectivity index (χ4n) is 3.24. The first-order valence-corrected chi connectivity index (χ1v) is 8.40. The minimum absolute atomic E-state index is 0.149. The van der Waals surface area contributed by atoms with Crippen molar-refractivity contribution in [2.24, 2.45) is 0 Å². The van der Waals surface area contributed by atoms with Gasteiger partial charge in [-0.2, -0.15) is 0 Å². The van der Waals surface area contributed by atoms with Crippen molar-refractivity contribution in [3.8, 4) is 0 Å². The van der Waals surface area contributed by atoms with Crippen LogP contribution in [0.2, 0.25) is 0 Å². The normalized spacial score (nSPS) is 30.7. The second-order valence-electron chi connectivity index (χ2n) is 5.88. The molecule has 2 aliphatic rings. The summed E-state index contributed by atoms with van der Waals surface area (Å²) in [4.78, 5) is 1.09. The molecule has 0 spiro atoms. The van der Waals surface area contributed by atoms with Crippen LogP contribution >= 0.6 is 11.8 Å². The van der Waals surface area contributed by atoms with Crippen LogP contribution in [0.15, 0.2) is 59.5 Å². The van der Waals surface area contributed by atoms with E-state index in [2.05, 4.69) is 41.7 Å². The minimum atomic E-state index is -0.800. The van der Waals surface area contributed by atoms with Crippen molar-refractivity contribution in [3.05, 3.63) is 65.7 Å². The van der Waals surface area contributed by atoms with Crippen LogP contribution in [0, 0.1) is 0 Å². The predicted molar refractivity (Wildman–Crippen MR) is 85.3 cm³/mol. The van der Waals surface area contributed by atoms with Crippen molar-refractivity contribution >= 4 is 11.8 Å². The molecule has 1 fully saturated rings. The topological polar surface area (TPSA) is 12.0 Å². The smallest absolute Gasteiger partial charge is 0.152 e. The molecule has 21 heavy (non-hydrogen) atoms. The molecule has 1 saturated carbocycles. The monoisotopic (exact) mass is 299 g/mol. The molecule has 108 valence electrons. The highest BCUT2D eigenvalue weighted by molar-refractivity contribution is 7.99. The summed E-state index contributed by atoms with van der Waals surface area (Å²) in [6.45, 7) is 0. The van der Waals surface area contributed by atoms with Gasteiger partial charge in [-0.05, 0) is 23.6 Å². The lowest BCUT2D eigenvalue weighted by Crippen LogP contribution is -2.29. The Morgan fingerprint density at radius 3 is 2.57 bits per heavy atom. The van der Waals surface area contributed by atoms with Gasteiger partial charge in [-0.3, -0.25) is 0 Å². The number of halogens is 1. The van der Waals surface area contributed by atoms with Crippen LogP contribution in [0.25, 0.3) is 0 Å². The van der Waals surface area contributed by atoms with Crippen molar-refractivity contribution in [1.29, 1.82) is 0 Å². The highest BCUT2D eigenvalue weighted by atomic mass is 32.2. The largest absolute Gasteiger partial charge is 0.306 e. The van der Waals surface area contributed by atoms with E-state index in [9.17, 15) is 4.39 Å². The van der Waals surface area contributed by atoms with E-state index in [1.807, 2.05) is 18.2 Å². The summed E-state index contributed by atoms with van der Waals surface area (Å²) < 4.78 is 13.9. The van der Waals surface area contributed by atoms with E-state index in [1.165, 1.54) is 22.9 Å². The number of thioether (sulfide) groups is 1. The Labute approximate surface area is 129 Å². The Morgan fingerprint density at radius 2 is 1.71 bits per heavy atom. The highest BCUT2D eigenvalue weighted by Gasteiger charge is 2.41. The molecule has 1 aliphatic heterocycles. The number of fused-ring (bicyclic) bond motifs is 1. The standard InChI is InChI=1S/C18H18FNS/c19-18-11-16(13-8-4-5-9-17(13)21-18)20-15-10-14(15)12-6-2-1-3-7-12/h1-9,14-16,18,20H,10-11H2. The van der Waals surface area contributed by atoms with Crippen molar-refractivity contribution in [2.75, 3.05) is 0 Å². The lowest BCUT2D eigenvalue weighted by molar-refractivity contribution is 0.357. The number of hydrogen-bond acceptors (Lipinski definition) is 2. The van der Waals surface area contributed by atoms with Gasteiger partial charge in [0.15, 0.2) is 5.50 Å². The Bertz CT molecular complexity index is 630. The molecule has 4 unspecified atom stereocenters. The first kappa shape index (κ1) is 13.4. The molecule has 4 atom stereocenters. The van der Waals surface area contributed by atoms with E-state index in [4.69, 9.17) is 0 Å². The van der Waals surface area contributed by atoms with Crippen molar-refractivity contribution in [3.63, 3.8) is 0 Å². The number of alkyl halides is 1. The molecule has 0 saturated heterocycles. The molecule has 4 rings (SSSR count). The molecular weight excluding hydrogens is 281 g/mol. The summed E-state index contributed by atoms with van der Waals surface area (Å²) in [5.74, 6) is 0.589. The summed E-state index contributed by atoms with van der Waals surface area (Å²) in [5.41, 5.74) is 1.85. The van der Waals surface area contributed by atoms with Gasteiger partial charge in [0.1, 0.15) is 0 Å². The maximum absolute atomic E-state index is 13.9.